The van der Waals surface area contributed by atoms with Crippen molar-refractivity contribution in [1.29, 1.82) is 0 Å². The van der Waals surface area contributed by atoms with E-state index in [2.05, 4.69) is 19.2 Å². The Morgan fingerprint density at radius 3 is 2.04 bits per heavy atom. The highest BCUT2D eigenvalue weighted by molar-refractivity contribution is 6.41. The summed E-state index contributed by atoms with van der Waals surface area (Å²) in [6, 6.07) is 3.56. The molecular weight excluding hydrogens is 568 g/mol. The lowest BCUT2D eigenvalue weighted by atomic mass is 9.38. The molecule has 2 saturated carbocycles. The van der Waals surface area contributed by atoms with E-state index in [-0.39, 0.29) is 37.2 Å². The topological polar surface area (TPSA) is 132 Å². The van der Waals surface area contributed by atoms with E-state index < -0.39 is 68.4 Å². The molecule has 0 spiro atoms. The quantitative estimate of drug-likeness (QED) is 0.0498. The Balaban J connectivity index is 2.46. The molecule has 7 heteroatoms. The van der Waals surface area contributed by atoms with Crippen LogP contribution in [-0.2, 0) is 14.4 Å². The van der Waals surface area contributed by atoms with Crippen molar-refractivity contribution in [3.8, 4) is 11.5 Å². The standard InChI is InChI=1S/C38H50O7/c1-21(2)11-13-27-20-37(19-26(23(5)6)18-29(40)24(7)8)33(43)31(32(42)25-12-14-28(39)30(41)17-25)34(44)38(35(37)45,36(27,9)10)16-15-22(3)4/h11-12,14-15,17,26-27,29,39-42H,5,7,13,16,18-20H2,1-4,6,8-10H3/b32-31+/t26-,27+,29?,37-,38+/m1/s1. The van der Waals surface area contributed by atoms with Crippen LogP contribution in [0.5, 0.6) is 11.5 Å². The van der Waals surface area contributed by atoms with Gasteiger partial charge < -0.3 is 20.4 Å². The van der Waals surface area contributed by atoms with E-state index >= 15 is 4.79 Å². The Hall–Kier alpha value is -3.71. The molecule has 0 heterocycles. The second-order valence-corrected chi connectivity index (χ2v) is 14.4. The van der Waals surface area contributed by atoms with Gasteiger partial charge in [-0.2, -0.15) is 0 Å². The molecular formula is C38H50O7. The lowest BCUT2D eigenvalue weighted by Crippen LogP contribution is -2.69. The fourth-order valence-corrected chi connectivity index (χ4v) is 7.18. The van der Waals surface area contributed by atoms with E-state index in [9.17, 15) is 30.0 Å². The molecule has 7 nitrogen and oxygen atoms in total. The average molecular weight is 619 g/mol. The summed E-state index contributed by atoms with van der Waals surface area (Å²) in [6.45, 7) is 23.1. The smallest absolute Gasteiger partial charge is 0.184 e. The van der Waals surface area contributed by atoms with Crippen molar-refractivity contribution in [2.24, 2.45) is 28.1 Å². The SMILES string of the molecule is C=C(C)C(O)C[C@H](C[C@@]12C[C@H](CC=C(C)C)C(C)(C)[C@@](CC=C(C)C)(C(=O)/C(=C(/O)c3ccc(O)c(O)c3)C1=O)C2=O)C(=C)C. The van der Waals surface area contributed by atoms with Gasteiger partial charge in [0.2, 0.25) is 0 Å². The van der Waals surface area contributed by atoms with Crippen LogP contribution in [0, 0.1) is 28.1 Å². The minimum atomic E-state index is -1.69. The molecule has 0 radical (unpaired) electrons. The van der Waals surface area contributed by atoms with Crippen molar-refractivity contribution >= 4 is 23.1 Å². The van der Waals surface area contributed by atoms with Gasteiger partial charge in [0, 0.05) is 5.56 Å². The number of aliphatic hydroxyl groups excluding tert-OH is 2. The number of phenols is 2. The molecule has 2 fully saturated rings. The number of allylic oxidation sites excluding steroid dienone is 6. The van der Waals surface area contributed by atoms with Gasteiger partial charge >= 0.3 is 0 Å². The Labute approximate surface area is 267 Å². The van der Waals surface area contributed by atoms with Crippen LogP contribution < -0.4 is 0 Å². The molecule has 3 rings (SSSR count). The van der Waals surface area contributed by atoms with Gasteiger partial charge in [0.15, 0.2) is 28.8 Å². The number of fused-ring (bicyclic) bond motifs is 2. The van der Waals surface area contributed by atoms with Gasteiger partial charge in [0.05, 0.1) is 11.5 Å². The summed E-state index contributed by atoms with van der Waals surface area (Å²) in [6.07, 6.45) is 3.98. The number of ketones is 3. The molecule has 45 heavy (non-hydrogen) atoms. The summed E-state index contributed by atoms with van der Waals surface area (Å²) >= 11 is 0. The minimum absolute atomic E-state index is 0.00714. The highest BCUT2D eigenvalue weighted by Gasteiger charge is 2.74. The maximum Gasteiger partial charge on any atom is 0.184 e. The molecule has 244 valence electrons. The predicted molar refractivity (Wildman–Crippen MR) is 178 cm³/mol. The Morgan fingerprint density at radius 1 is 0.933 bits per heavy atom. The number of carbonyl (C=O) groups is 3. The van der Waals surface area contributed by atoms with E-state index in [0.717, 1.165) is 23.3 Å². The van der Waals surface area contributed by atoms with E-state index in [1.54, 1.807) is 13.8 Å². The lowest BCUT2D eigenvalue weighted by Gasteiger charge is -2.61. The van der Waals surface area contributed by atoms with Gasteiger partial charge in [-0.05, 0) is 109 Å². The third kappa shape index (κ3) is 6.24. The normalized spacial score (nSPS) is 26.5. The van der Waals surface area contributed by atoms with Gasteiger partial charge in [-0.1, -0.05) is 61.4 Å². The zero-order valence-corrected chi connectivity index (χ0v) is 28.1. The van der Waals surface area contributed by atoms with Gasteiger partial charge in [-0.3, -0.25) is 14.4 Å². The fraction of sp³-hybridized carbons (Fsp3) is 0.500. The number of hydrogen-bond acceptors (Lipinski definition) is 7. The summed E-state index contributed by atoms with van der Waals surface area (Å²) in [4.78, 5) is 45.0. The van der Waals surface area contributed by atoms with Gasteiger partial charge in [0.1, 0.15) is 16.7 Å². The molecule has 1 aromatic rings. The average Bonchev–Trinajstić information content (AvgIpc) is 2.93. The third-order valence-electron chi connectivity index (χ3n) is 10.3. The maximum absolute atomic E-state index is 15.2. The Kier molecular flexibility index (Phi) is 10.3. The molecule has 2 bridgehead atoms. The van der Waals surface area contributed by atoms with Gasteiger partial charge in [-0.25, -0.2) is 0 Å². The van der Waals surface area contributed by atoms with Crippen molar-refractivity contribution in [2.45, 2.75) is 93.6 Å². The molecule has 2 aliphatic rings. The number of aromatic hydroxyl groups is 2. The maximum atomic E-state index is 15.2. The molecule has 0 aliphatic heterocycles. The number of rotatable bonds is 11. The molecule has 0 amide bonds. The van der Waals surface area contributed by atoms with E-state index in [1.165, 1.54) is 6.07 Å². The monoisotopic (exact) mass is 618 g/mol. The summed E-state index contributed by atoms with van der Waals surface area (Å²) in [5.41, 5.74) is -1.62. The van der Waals surface area contributed by atoms with Crippen LogP contribution in [0.1, 0.15) is 93.1 Å². The molecule has 1 aromatic carbocycles. The highest BCUT2D eigenvalue weighted by atomic mass is 16.3. The third-order valence-corrected chi connectivity index (χ3v) is 10.3. The Bertz CT molecular complexity index is 1510. The summed E-state index contributed by atoms with van der Waals surface area (Å²) in [5.74, 6) is -4.27. The fourth-order valence-electron chi connectivity index (χ4n) is 7.18. The number of carbonyl (C=O) groups excluding carboxylic acids is 3. The first-order chi connectivity index (χ1) is 20.7. The van der Waals surface area contributed by atoms with Crippen molar-refractivity contribution in [3.05, 3.63) is 76.9 Å². The van der Waals surface area contributed by atoms with Crippen molar-refractivity contribution < 1.29 is 34.8 Å². The molecule has 2 aliphatic carbocycles. The van der Waals surface area contributed by atoms with Crippen LogP contribution in [-0.4, -0.2) is 43.9 Å². The minimum Gasteiger partial charge on any atom is -0.506 e. The van der Waals surface area contributed by atoms with Crippen LogP contribution in [0.4, 0.5) is 0 Å². The van der Waals surface area contributed by atoms with Gasteiger partial charge in [-0.15, -0.1) is 0 Å². The Morgan fingerprint density at radius 2 is 1.53 bits per heavy atom. The first kappa shape index (κ1) is 35.8. The summed E-state index contributed by atoms with van der Waals surface area (Å²) in [5, 5.41) is 42.6. The second-order valence-electron chi connectivity index (χ2n) is 14.4. The van der Waals surface area contributed by atoms with Crippen LogP contribution >= 0.6 is 0 Å². The van der Waals surface area contributed by atoms with E-state index in [0.29, 0.717) is 17.6 Å². The van der Waals surface area contributed by atoms with Crippen molar-refractivity contribution in [2.75, 3.05) is 0 Å². The van der Waals surface area contributed by atoms with E-state index in [4.69, 9.17) is 0 Å². The molecule has 5 atom stereocenters. The van der Waals surface area contributed by atoms with Crippen molar-refractivity contribution in [1.82, 2.24) is 0 Å². The number of benzene rings is 1. The number of aliphatic hydroxyl groups is 2. The largest absolute Gasteiger partial charge is 0.506 e. The van der Waals surface area contributed by atoms with Gasteiger partial charge in [0.25, 0.3) is 0 Å². The second kappa shape index (κ2) is 13.0. The molecule has 4 N–H and O–H groups in total. The van der Waals surface area contributed by atoms with Crippen LogP contribution in [0.2, 0.25) is 0 Å². The van der Waals surface area contributed by atoms with Crippen LogP contribution in [0.15, 0.2) is 71.4 Å². The van der Waals surface area contributed by atoms with E-state index in [1.807, 2.05) is 47.6 Å². The zero-order valence-electron chi connectivity index (χ0n) is 28.1. The number of Topliss-reactive ketones (excluding diaryl/α,β-unsaturated/α-hetero) is 3. The molecule has 0 aromatic heterocycles. The van der Waals surface area contributed by atoms with Crippen LogP contribution in [0.3, 0.4) is 0 Å². The number of phenolic OH excluding ortho intramolecular Hbond substituents is 2. The highest BCUT2D eigenvalue weighted by Crippen LogP contribution is 2.66. The summed E-state index contributed by atoms with van der Waals surface area (Å²) < 4.78 is 0. The summed E-state index contributed by atoms with van der Waals surface area (Å²) in [7, 11) is 0. The first-order valence-corrected chi connectivity index (χ1v) is 15.6. The predicted octanol–water partition coefficient (Wildman–Crippen LogP) is 7.73. The first-order valence-electron chi connectivity index (χ1n) is 15.6. The van der Waals surface area contributed by atoms with Crippen LogP contribution in [0.25, 0.3) is 5.76 Å². The number of hydrogen-bond donors (Lipinski definition) is 4. The zero-order chi connectivity index (χ0) is 34.2. The van der Waals surface area contributed by atoms with Crippen molar-refractivity contribution in [3.63, 3.8) is 0 Å². The molecule has 1 unspecified atom stereocenters. The lowest BCUT2D eigenvalue weighted by molar-refractivity contribution is -0.177. The molecule has 0 saturated heterocycles.